The maximum atomic E-state index is 2.39. The van der Waals surface area contributed by atoms with Crippen molar-refractivity contribution < 1.29 is 0 Å². The van der Waals surface area contributed by atoms with E-state index >= 15 is 0 Å². The molecule has 1 heterocycles. The first-order valence-corrected chi connectivity index (χ1v) is 6.60. The molecule has 0 aromatic carbocycles. The van der Waals surface area contributed by atoms with E-state index in [4.69, 9.17) is 0 Å². The van der Waals surface area contributed by atoms with Gasteiger partial charge >= 0.3 is 55.8 Å². The van der Waals surface area contributed by atoms with Crippen molar-refractivity contribution in [2.24, 2.45) is 0 Å². The Bertz CT molecular complexity index is 131. The van der Waals surface area contributed by atoms with Gasteiger partial charge in [0.2, 0.25) is 0 Å². The summed E-state index contributed by atoms with van der Waals surface area (Å²) in [5, 5.41) is 0. The molecule has 0 aliphatic carbocycles. The number of hydrogen-bond acceptors (Lipinski definition) is 0. The molecule has 0 aromatic rings. The molecule has 0 amide bonds. The summed E-state index contributed by atoms with van der Waals surface area (Å²) in [6.45, 7) is 4.46. The molecule has 0 N–H and O–H groups in total. The van der Waals surface area contributed by atoms with Crippen LogP contribution in [0.4, 0.5) is 0 Å². The van der Waals surface area contributed by atoms with Crippen molar-refractivity contribution in [1.82, 2.24) is 0 Å². The van der Waals surface area contributed by atoms with Gasteiger partial charge in [0, 0.05) is 0 Å². The van der Waals surface area contributed by atoms with E-state index in [0.717, 1.165) is 0 Å². The Labute approximate surface area is 55.9 Å². The predicted molar refractivity (Wildman–Crippen MR) is 34.7 cm³/mol. The van der Waals surface area contributed by atoms with Crippen LogP contribution in [0.25, 0.3) is 0 Å². The van der Waals surface area contributed by atoms with Crippen LogP contribution in [-0.4, -0.2) is 23.2 Å². The molecule has 1 aliphatic heterocycles. The van der Waals surface area contributed by atoms with E-state index in [1.807, 2.05) is 0 Å². The Morgan fingerprint density at radius 1 is 1.43 bits per heavy atom. The standard InChI is InChI=1S/C6H8.Bi.H/c1-4-6(3)5-2;;/h1,4H,2-3H3;;. The Morgan fingerprint density at radius 2 is 2.14 bits per heavy atom. The summed E-state index contributed by atoms with van der Waals surface area (Å²) >= 11 is -0.302. The zero-order valence-electron chi connectivity index (χ0n) is 4.65. The van der Waals surface area contributed by atoms with Crippen LogP contribution in [0.1, 0.15) is 13.8 Å². The van der Waals surface area contributed by atoms with Crippen LogP contribution >= 0.6 is 0 Å². The van der Waals surface area contributed by atoms with Crippen LogP contribution in [0.2, 0.25) is 0 Å². The second kappa shape index (κ2) is 2.09. The maximum absolute atomic E-state index is 2.39. The summed E-state index contributed by atoms with van der Waals surface area (Å²) in [5.41, 5.74) is 1.53. The van der Waals surface area contributed by atoms with E-state index in [9.17, 15) is 0 Å². The van der Waals surface area contributed by atoms with E-state index in [2.05, 4.69) is 23.7 Å². The van der Waals surface area contributed by atoms with Gasteiger partial charge in [-0.2, -0.15) is 0 Å². The molecule has 0 atom stereocenters. The van der Waals surface area contributed by atoms with E-state index in [0.29, 0.717) is 0 Å². The Hall–Kier alpha value is 0.363. The Balaban J connectivity index is 2.79. The molecule has 0 fully saturated rings. The molecule has 1 heteroatoms. The molecule has 1 rings (SSSR count). The molecule has 0 unspecified atom stereocenters. The van der Waals surface area contributed by atoms with Gasteiger partial charge in [-0.3, -0.25) is 0 Å². The normalized spacial score (nSPS) is 19.1. The van der Waals surface area contributed by atoms with Gasteiger partial charge in [0.1, 0.15) is 0 Å². The second-order valence-electron chi connectivity index (χ2n) is 1.79. The fraction of sp³-hybridized carbons (Fsp3) is 0.333. The van der Waals surface area contributed by atoms with Crippen molar-refractivity contribution in [2.75, 3.05) is 0 Å². The van der Waals surface area contributed by atoms with Gasteiger partial charge in [-0.05, 0) is 0 Å². The summed E-state index contributed by atoms with van der Waals surface area (Å²) in [6.07, 6.45) is 2.26. The van der Waals surface area contributed by atoms with Crippen LogP contribution in [0, 0.1) is 0 Å². The third kappa shape index (κ3) is 1.13. The monoisotopic (exact) mass is 290 g/mol. The molecule has 0 radical (unpaired) electrons. The average molecular weight is 290 g/mol. The molecule has 0 aromatic heterocycles. The topological polar surface area (TPSA) is 0 Å². The van der Waals surface area contributed by atoms with Crippen LogP contribution in [0.3, 0.4) is 0 Å². The number of rotatable bonds is 0. The number of allylic oxidation sites excluding steroid dienone is 3. The van der Waals surface area contributed by atoms with Crippen molar-refractivity contribution in [3.8, 4) is 0 Å². The third-order valence-corrected chi connectivity index (χ3v) is 5.74. The minimum atomic E-state index is -0.302. The molecule has 1 aliphatic rings. The van der Waals surface area contributed by atoms with Crippen molar-refractivity contribution >= 4 is 23.2 Å². The van der Waals surface area contributed by atoms with Crippen LogP contribution in [-0.2, 0) is 0 Å². The van der Waals surface area contributed by atoms with Gasteiger partial charge in [0.15, 0.2) is 0 Å². The average Bonchev–Trinajstić information content (AvgIpc) is 1.91. The van der Waals surface area contributed by atoms with Gasteiger partial charge < -0.3 is 0 Å². The summed E-state index contributed by atoms with van der Waals surface area (Å²) in [7, 11) is 0. The molecule has 0 saturated carbocycles. The van der Waals surface area contributed by atoms with Gasteiger partial charge in [0.05, 0.1) is 0 Å². The first-order chi connectivity index (χ1) is 3.30. The SMILES string of the molecule is CC1=[C](C)[BiH][CH]=C1. The van der Waals surface area contributed by atoms with Gasteiger partial charge in [-0.25, -0.2) is 0 Å². The van der Waals surface area contributed by atoms with Crippen LogP contribution in [0.5, 0.6) is 0 Å². The van der Waals surface area contributed by atoms with Gasteiger partial charge in [0.25, 0.3) is 0 Å². The minimum absolute atomic E-state index is 0.302. The zero-order chi connectivity index (χ0) is 5.28. The quantitative estimate of drug-likeness (QED) is 0.589. The molecule has 0 nitrogen and oxygen atoms in total. The second-order valence-corrected chi connectivity index (χ2v) is 7.12. The Morgan fingerprint density at radius 3 is 2.29 bits per heavy atom. The fourth-order valence-corrected chi connectivity index (χ4v) is 4.01. The van der Waals surface area contributed by atoms with Gasteiger partial charge in [-0.1, -0.05) is 0 Å². The van der Waals surface area contributed by atoms with Crippen molar-refractivity contribution in [1.29, 1.82) is 0 Å². The van der Waals surface area contributed by atoms with E-state index in [1.165, 1.54) is 5.57 Å². The van der Waals surface area contributed by atoms with E-state index in [1.54, 1.807) is 3.28 Å². The third-order valence-electron chi connectivity index (χ3n) is 1.22. The van der Waals surface area contributed by atoms with Crippen molar-refractivity contribution in [3.63, 3.8) is 0 Å². The molecule has 7 heavy (non-hydrogen) atoms. The van der Waals surface area contributed by atoms with Crippen molar-refractivity contribution in [3.05, 3.63) is 18.7 Å². The van der Waals surface area contributed by atoms with E-state index < -0.39 is 0 Å². The molecule has 38 valence electrons. The van der Waals surface area contributed by atoms with Crippen LogP contribution in [0.15, 0.2) is 18.7 Å². The molecule has 0 spiro atoms. The van der Waals surface area contributed by atoms with E-state index in [-0.39, 0.29) is 23.2 Å². The molecular formula is C6H9Bi. The number of hydrogen-bond donors (Lipinski definition) is 0. The zero-order valence-corrected chi connectivity index (χ0v) is 8.54. The molecular weight excluding hydrogens is 281 g/mol. The Kier molecular flexibility index (Phi) is 1.64. The summed E-state index contributed by atoms with van der Waals surface area (Å²) in [5.74, 6) is 0. The van der Waals surface area contributed by atoms with Crippen molar-refractivity contribution in [2.45, 2.75) is 13.8 Å². The first-order valence-electron chi connectivity index (χ1n) is 2.41. The molecule has 0 saturated heterocycles. The predicted octanol–water partition coefficient (Wildman–Crippen LogP) is 1.24. The molecule has 0 bridgehead atoms. The fourth-order valence-electron chi connectivity index (χ4n) is 0.531. The summed E-state index contributed by atoms with van der Waals surface area (Å²) in [4.78, 5) is 0. The summed E-state index contributed by atoms with van der Waals surface area (Å²) in [6, 6.07) is 0. The van der Waals surface area contributed by atoms with Gasteiger partial charge in [-0.15, -0.1) is 0 Å². The van der Waals surface area contributed by atoms with Crippen LogP contribution < -0.4 is 0 Å². The first kappa shape index (κ1) is 5.50. The summed E-state index contributed by atoms with van der Waals surface area (Å²) < 4.78 is 4.10.